The zero-order valence-electron chi connectivity index (χ0n) is 11.7. The van der Waals surface area contributed by atoms with Crippen LogP contribution in [0.25, 0.3) is 0 Å². The average molecular weight is 289 g/mol. The van der Waals surface area contributed by atoms with Crippen LogP contribution in [0, 0.1) is 18.6 Å². The maximum Gasteiger partial charge on any atom is 0.199 e. The summed E-state index contributed by atoms with van der Waals surface area (Å²) in [5, 5.41) is 0. The van der Waals surface area contributed by atoms with Crippen LogP contribution in [-0.2, 0) is 6.42 Å². The largest absolute Gasteiger partial charge is 0.496 e. The summed E-state index contributed by atoms with van der Waals surface area (Å²) in [6, 6.07) is 8.27. The van der Waals surface area contributed by atoms with Crippen LogP contribution in [0.2, 0.25) is 0 Å². The van der Waals surface area contributed by atoms with Gasteiger partial charge < -0.3 is 4.74 Å². The maximum atomic E-state index is 14.5. The normalized spacial score (nSPS) is 10.5. The first-order valence-electron chi connectivity index (χ1n) is 6.53. The van der Waals surface area contributed by atoms with E-state index in [-0.39, 0.29) is 16.9 Å². The molecule has 0 bridgehead atoms. The van der Waals surface area contributed by atoms with E-state index in [1.165, 1.54) is 25.3 Å². The molecule has 0 heterocycles. The molecule has 2 aromatic carbocycles. The number of ether oxygens (including phenoxy) is 1. The molecule has 0 atom stereocenters. The summed E-state index contributed by atoms with van der Waals surface area (Å²) in [6.07, 6.45) is 0.927. The smallest absolute Gasteiger partial charge is 0.199 e. The van der Waals surface area contributed by atoms with Gasteiger partial charge in [-0.3, -0.25) is 4.79 Å². The third-order valence-corrected chi connectivity index (χ3v) is 3.16. The first kappa shape index (κ1) is 15.2. The fourth-order valence-electron chi connectivity index (χ4n) is 2.14. The molecule has 21 heavy (non-hydrogen) atoms. The van der Waals surface area contributed by atoms with Crippen molar-refractivity contribution in [1.82, 2.24) is 0 Å². The molecule has 0 amide bonds. The lowest BCUT2D eigenvalue weighted by atomic mass is 9.97. The predicted molar refractivity (Wildman–Crippen MR) is 76.5 cm³/mol. The highest BCUT2D eigenvalue weighted by Gasteiger charge is 2.22. The number of carbonyl (C=O) groups excluding carboxylic acids is 1. The van der Waals surface area contributed by atoms with Gasteiger partial charge in [0.05, 0.1) is 7.11 Å². The Hall–Kier alpha value is -2.23. The quantitative estimate of drug-likeness (QED) is 0.778. The molecule has 1 radical (unpaired) electrons. The van der Waals surface area contributed by atoms with Crippen LogP contribution in [-0.4, -0.2) is 12.9 Å². The molecular formula is C17H15F2O2. The molecule has 0 aliphatic carbocycles. The Morgan fingerprint density at radius 1 is 1.24 bits per heavy atom. The molecule has 0 spiro atoms. The van der Waals surface area contributed by atoms with Crippen molar-refractivity contribution in [3.63, 3.8) is 0 Å². The van der Waals surface area contributed by atoms with Crippen molar-refractivity contribution in [2.45, 2.75) is 12.8 Å². The molecule has 0 aliphatic heterocycles. The van der Waals surface area contributed by atoms with E-state index < -0.39 is 17.4 Å². The van der Waals surface area contributed by atoms with Crippen molar-refractivity contribution < 1.29 is 18.3 Å². The first-order chi connectivity index (χ1) is 10.1. The second kappa shape index (κ2) is 6.48. The van der Waals surface area contributed by atoms with Gasteiger partial charge in [-0.2, -0.15) is 0 Å². The lowest BCUT2D eigenvalue weighted by molar-refractivity contribution is 0.103. The Kier molecular flexibility index (Phi) is 4.68. The zero-order valence-corrected chi connectivity index (χ0v) is 11.7. The second-order valence-corrected chi connectivity index (χ2v) is 4.56. The Morgan fingerprint density at radius 3 is 2.62 bits per heavy atom. The average Bonchev–Trinajstić information content (AvgIpc) is 2.48. The number of aryl methyl sites for hydroxylation is 1. The van der Waals surface area contributed by atoms with Gasteiger partial charge in [0, 0.05) is 5.56 Å². The maximum absolute atomic E-state index is 14.5. The van der Waals surface area contributed by atoms with Gasteiger partial charge in [-0.15, -0.1) is 0 Å². The van der Waals surface area contributed by atoms with Crippen molar-refractivity contribution in [2.24, 2.45) is 0 Å². The highest BCUT2D eigenvalue weighted by atomic mass is 19.1. The number of carbonyl (C=O) groups is 1. The van der Waals surface area contributed by atoms with Crippen LogP contribution in [0.4, 0.5) is 8.78 Å². The Labute approximate surface area is 122 Å². The minimum atomic E-state index is -0.632. The molecule has 0 unspecified atom stereocenters. The fourth-order valence-corrected chi connectivity index (χ4v) is 2.14. The van der Waals surface area contributed by atoms with E-state index in [0.29, 0.717) is 18.4 Å². The van der Waals surface area contributed by atoms with Crippen LogP contribution in [0.1, 0.15) is 27.9 Å². The molecule has 0 N–H and O–H groups in total. The summed E-state index contributed by atoms with van der Waals surface area (Å²) in [5.74, 6) is -1.65. The van der Waals surface area contributed by atoms with Crippen LogP contribution in [0.5, 0.6) is 5.75 Å². The van der Waals surface area contributed by atoms with Crippen molar-refractivity contribution in [3.8, 4) is 5.75 Å². The minimum absolute atomic E-state index is 0.0824. The fraction of sp³-hybridized carbons (Fsp3) is 0.176. The molecule has 0 aromatic heterocycles. The SMILES string of the molecule is [CH2]CCc1ccc(OC)c(C(=O)c2cccc(F)c2)c1F. The first-order valence-corrected chi connectivity index (χ1v) is 6.53. The highest BCUT2D eigenvalue weighted by molar-refractivity contribution is 6.11. The molecule has 2 aromatic rings. The molecule has 0 aliphatic rings. The summed E-state index contributed by atoms with van der Waals surface area (Å²) < 4.78 is 32.8. The third-order valence-electron chi connectivity index (χ3n) is 3.16. The summed E-state index contributed by atoms with van der Waals surface area (Å²) >= 11 is 0. The van der Waals surface area contributed by atoms with Crippen molar-refractivity contribution in [2.75, 3.05) is 7.11 Å². The monoisotopic (exact) mass is 289 g/mol. The van der Waals surface area contributed by atoms with Gasteiger partial charge in [0.15, 0.2) is 5.78 Å². The summed E-state index contributed by atoms with van der Waals surface area (Å²) in [5.41, 5.74) is 0.304. The topological polar surface area (TPSA) is 26.3 Å². The van der Waals surface area contributed by atoms with E-state index in [9.17, 15) is 13.6 Å². The molecule has 2 nitrogen and oxygen atoms in total. The van der Waals surface area contributed by atoms with Gasteiger partial charge in [-0.05, 0) is 36.6 Å². The van der Waals surface area contributed by atoms with Crippen molar-refractivity contribution in [1.29, 1.82) is 0 Å². The number of ketones is 1. The molecule has 109 valence electrons. The molecule has 0 saturated carbocycles. The summed E-state index contributed by atoms with van der Waals surface area (Å²) in [4.78, 5) is 12.5. The minimum Gasteiger partial charge on any atom is -0.496 e. The number of halogens is 2. The molecule has 0 saturated heterocycles. The van der Waals surface area contributed by atoms with Crippen molar-refractivity contribution in [3.05, 3.63) is 71.6 Å². The van der Waals surface area contributed by atoms with Gasteiger partial charge >= 0.3 is 0 Å². The predicted octanol–water partition coefficient (Wildman–Crippen LogP) is 3.97. The molecule has 2 rings (SSSR count). The number of hydrogen-bond donors (Lipinski definition) is 0. The zero-order chi connectivity index (χ0) is 15.4. The van der Waals surface area contributed by atoms with Gasteiger partial charge in [0.1, 0.15) is 22.9 Å². The van der Waals surface area contributed by atoms with E-state index in [0.717, 1.165) is 6.07 Å². The standard InChI is InChI=1S/C17H15F2O2/c1-3-5-11-8-9-14(21-2)15(16(11)19)17(20)12-6-4-7-13(18)10-12/h4,6-10H,1,3,5H2,2H3. The number of rotatable bonds is 5. The van der Waals surface area contributed by atoms with Gasteiger partial charge in [-0.25, -0.2) is 8.78 Å². The lowest BCUT2D eigenvalue weighted by Gasteiger charge is -2.12. The van der Waals surface area contributed by atoms with Gasteiger partial charge in [0.2, 0.25) is 0 Å². The Morgan fingerprint density at radius 2 is 2.00 bits per heavy atom. The number of benzene rings is 2. The van der Waals surface area contributed by atoms with Crippen LogP contribution < -0.4 is 4.74 Å². The van der Waals surface area contributed by atoms with E-state index in [4.69, 9.17) is 4.74 Å². The van der Waals surface area contributed by atoms with Crippen molar-refractivity contribution >= 4 is 5.78 Å². The molecule has 4 heteroatoms. The van der Waals surface area contributed by atoms with E-state index in [1.54, 1.807) is 12.1 Å². The second-order valence-electron chi connectivity index (χ2n) is 4.56. The summed E-state index contributed by atoms with van der Waals surface area (Å²) in [6.45, 7) is 3.68. The van der Waals surface area contributed by atoms with Gasteiger partial charge in [-0.1, -0.05) is 25.1 Å². The van der Waals surface area contributed by atoms with E-state index >= 15 is 0 Å². The summed E-state index contributed by atoms with van der Waals surface area (Å²) in [7, 11) is 1.36. The van der Waals surface area contributed by atoms with Crippen LogP contribution in [0.3, 0.4) is 0 Å². The number of hydrogen-bond acceptors (Lipinski definition) is 2. The highest BCUT2D eigenvalue weighted by Crippen LogP contribution is 2.28. The number of methoxy groups -OCH3 is 1. The van der Waals surface area contributed by atoms with Crippen LogP contribution >= 0.6 is 0 Å². The Bertz CT molecular complexity index is 666. The molecular weight excluding hydrogens is 274 g/mol. The Balaban J connectivity index is 2.55. The van der Waals surface area contributed by atoms with Gasteiger partial charge in [0.25, 0.3) is 0 Å². The van der Waals surface area contributed by atoms with E-state index in [1.807, 2.05) is 0 Å². The lowest BCUT2D eigenvalue weighted by Crippen LogP contribution is -2.09. The third kappa shape index (κ3) is 3.10. The van der Waals surface area contributed by atoms with Crippen LogP contribution in [0.15, 0.2) is 36.4 Å². The molecule has 0 fully saturated rings. The van der Waals surface area contributed by atoms with E-state index in [2.05, 4.69) is 6.92 Å².